The first-order valence-electron chi connectivity index (χ1n) is 5.28. The van der Waals surface area contributed by atoms with Crippen LogP contribution in [0.3, 0.4) is 0 Å². The Hall–Kier alpha value is -1.23. The van der Waals surface area contributed by atoms with Gasteiger partial charge in [0.15, 0.2) is 0 Å². The quantitative estimate of drug-likeness (QED) is 0.700. The molecule has 1 aromatic carbocycles. The highest BCUT2D eigenvalue weighted by molar-refractivity contribution is 7.08. The van der Waals surface area contributed by atoms with E-state index >= 15 is 0 Å². The smallest absolute Gasteiger partial charge is 0.205 e. The van der Waals surface area contributed by atoms with Crippen molar-refractivity contribution >= 4 is 57.2 Å². The summed E-state index contributed by atoms with van der Waals surface area (Å²) in [6, 6.07) is 3.53. The molecule has 18 heavy (non-hydrogen) atoms. The Morgan fingerprint density at radius 3 is 2.72 bits per heavy atom. The van der Waals surface area contributed by atoms with Crippen LogP contribution in [-0.2, 0) is 0 Å². The van der Waals surface area contributed by atoms with Crippen molar-refractivity contribution in [1.82, 2.24) is 9.97 Å². The zero-order valence-electron chi connectivity index (χ0n) is 9.42. The summed E-state index contributed by atoms with van der Waals surface area (Å²) in [5.74, 6) is 0.685. The number of fused-ring (bicyclic) bond motifs is 1. The number of hydrogen-bond donors (Lipinski definition) is 2. The predicted molar refractivity (Wildman–Crippen MR) is 78.5 cm³/mol. The van der Waals surface area contributed by atoms with E-state index in [1.54, 1.807) is 23.5 Å². The van der Waals surface area contributed by atoms with Crippen molar-refractivity contribution in [2.24, 2.45) is 0 Å². The molecule has 6 heteroatoms. The monoisotopic (exact) mass is 297 g/mol. The molecule has 0 aliphatic rings. The summed E-state index contributed by atoms with van der Waals surface area (Å²) in [6.45, 7) is 2.05. The number of nitrogens with one attached hydrogen (secondary N) is 2. The summed E-state index contributed by atoms with van der Waals surface area (Å²) in [7, 11) is 0. The van der Waals surface area contributed by atoms with Crippen LogP contribution in [0.25, 0.3) is 11.0 Å². The van der Waals surface area contributed by atoms with Gasteiger partial charge < -0.3 is 10.3 Å². The van der Waals surface area contributed by atoms with Gasteiger partial charge in [0.2, 0.25) is 5.95 Å². The van der Waals surface area contributed by atoms with E-state index in [0.717, 1.165) is 16.7 Å². The summed E-state index contributed by atoms with van der Waals surface area (Å²) in [6.07, 6.45) is 0. The molecule has 2 N–H and O–H groups in total. The maximum Gasteiger partial charge on any atom is 0.205 e. The predicted octanol–water partition coefficient (Wildman–Crippen LogP) is 4.98. The number of imidazole rings is 1. The summed E-state index contributed by atoms with van der Waals surface area (Å²) in [5.41, 5.74) is 3.90. The number of hydrogen-bond acceptors (Lipinski definition) is 3. The average Bonchev–Trinajstić information content (AvgIpc) is 2.87. The van der Waals surface area contributed by atoms with Crippen LogP contribution in [0.4, 0.5) is 11.6 Å². The van der Waals surface area contributed by atoms with Crippen molar-refractivity contribution in [3.63, 3.8) is 0 Å². The van der Waals surface area contributed by atoms with Crippen LogP contribution in [0, 0.1) is 6.92 Å². The molecule has 0 aliphatic carbocycles. The number of anilines is 2. The molecule has 0 radical (unpaired) electrons. The van der Waals surface area contributed by atoms with Gasteiger partial charge in [-0.1, -0.05) is 23.2 Å². The Morgan fingerprint density at radius 2 is 2.00 bits per heavy atom. The number of H-pyrrole nitrogens is 1. The zero-order chi connectivity index (χ0) is 12.7. The minimum atomic E-state index is 0.508. The number of benzene rings is 1. The van der Waals surface area contributed by atoms with Crippen LogP contribution < -0.4 is 5.32 Å². The van der Waals surface area contributed by atoms with Gasteiger partial charge in [0, 0.05) is 5.38 Å². The second kappa shape index (κ2) is 4.46. The number of halogens is 2. The summed E-state index contributed by atoms with van der Waals surface area (Å²) in [4.78, 5) is 7.59. The molecule has 0 spiro atoms. The first-order chi connectivity index (χ1) is 8.63. The Labute approximate surface area is 118 Å². The molecule has 0 fully saturated rings. The minimum Gasteiger partial charge on any atom is -0.325 e. The van der Waals surface area contributed by atoms with E-state index in [1.807, 2.05) is 5.38 Å². The third kappa shape index (κ3) is 2.07. The lowest BCUT2D eigenvalue weighted by Crippen LogP contribution is -1.91. The molecule has 0 saturated heterocycles. The van der Waals surface area contributed by atoms with E-state index < -0.39 is 0 Å². The van der Waals surface area contributed by atoms with E-state index in [1.165, 1.54) is 5.56 Å². The van der Waals surface area contributed by atoms with Crippen LogP contribution in [-0.4, -0.2) is 9.97 Å². The largest absolute Gasteiger partial charge is 0.325 e. The number of aromatic amines is 1. The van der Waals surface area contributed by atoms with Gasteiger partial charge in [-0.25, -0.2) is 4.98 Å². The number of thiophene rings is 1. The molecule has 3 rings (SSSR count). The highest BCUT2D eigenvalue weighted by Crippen LogP contribution is 2.29. The number of rotatable bonds is 2. The first-order valence-corrected chi connectivity index (χ1v) is 6.98. The minimum absolute atomic E-state index is 0.508. The molecule has 0 aliphatic heterocycles. The average molecular weight is 298 g/mol. The Kier molecular flexibility index (Phi) is 2.93. The molecule has 3 nitrogen and oxygen atoms in total. The fourth-order valence-electron chi connectivity index (χ4n) is 1.68. The third-order valence-electron chi connectivity index (χ3n) is 2.63. The van der Waals surface area contributed by atoms with E-state index in [-0.39, 0.29) is 0 Å². The number of aromatic nitrogens is 2. The molecule has 2 heterocycles. The van der Waals surface area contributed by atoms with Gasteiger partial charge in [-0.05, 0) is 30.0 Å². The van der Waals surface area contributed by atoms with Gasteiger partial charge in [0.1, 0.15) is 0 Å². The second-order valence-corrected chi connectivity index (χ2v) is 5.52. The van der Waals surface area contributed by atoms with E-state index in [0.29, 0.717) is 16.0 Å². The first kappa shape index (κ1) is 11.8. The van der Waals surface area contributed by atoms with Gasteiger partial charge in [-0.15, -0.1) is 11.3 Å². The molecule has 3 aromatic rings. The molecule has 0 unspecified atom stereocenters. The highest BCUT2D eigenvalue weighted by Gasteiger charge is 2.07. The Balaban J connectivity index is 2.01. The fraction of sp³-hybridized carbons (Fsp3) is 0.0833. The van der Waals surface area contributed by atoms with E-state index in [4.69, 9.17) is 23.2 Å². The molecule has 0 amide bonds. The SMILES string of the molecule is Cc1cscc1Nc1nc2cc(Cl)c(Cl)cc2[nH]1. The molecule has 92 valence electrons. The number of aryl methyl sites for hydroxylation is 1. The normalized spacial score (nSPS) is 11.1. The summed E-state index contributed by atoms with van der Waals surface area (Å²) < 4.78 is 0. The second-order valence-electron chi connectivity index (χ2n) is 3.96. The number of nitrogens with zero attached hydrogens (tertiary/aromatic N) is 1. The molecule has 0 atom stereocenters. The van der Waals surface area contributed by atoms with E-state index in [2.05, 4.69) is 27.6 Å². The molecular formula is C12H9Cl2N3S. The molecule has 2 aromatic heterocycles. The van der Waals surface area contributed by atoms with Gasteiger partial charge >= 0.3 is 0 Å². The highest BCUT2D eigenvalue weighted by atomic mass is 35.5. The standard InChI is InChI=1S/C12H9Cl2N3S/c1-6-4-18-5-11(6)17-12-15-9-2-7(13)8(14)3-10(9)16-12/h2-5H,1H3,(H2,15,16,17). The Bertz CT molecular complexity index is 678. The summed E-state index contributed by atoms with van der Waals surface area (Å²) >= 11 is 13.6. The van der Waals surface area contributed by atoms with E-state index in [9.17, 15) is 0 Å². The van der Waals surface area contributed by atoms with Gasteiger partial charge in [-0.3, -0.25) is 0 Å². The topological polar surface area (TPSA) is 40.7 Å². The van der Waals surface area contributed by atoms with Crippen molar-refractivity contribution in [3.8, 4) is 0 Å². The van der Waals surface area contributed by atoms with Crippen LogP contribution in [0.15, 0.2) is 22.9 Å². The van der Waals surface area contributed by atoms with Crippen LogP contribution in [0.5, 0.6) is 0 Å². The van der Waals surface area contributed by atoms with Gasteiger partial charge in [-0.2, -0.15) is 0 Å². The lowest BCUT2D eigenvalue weighted by atomic mass is 10.3. The lowest BCUT2D eigenvalue weighted by Gasteiger charge is -1.99. The maximum absolute atomic E-state index is 5.97. The molecule has 0 bridgehead atoms. The van der Waals surface area contributed by atoms with Crippen molar-refractivity contribution in [1.29, 1.82) is 0 Å². The van der Waals surface area contributed by atoms with Crippen LogP contribution in [0.1, 0.15) is 5.56 Å². The van der Waals surface area contributed by atoms with Crippen molar-refractivity contribution in [2.45, 2.75) is 6.92 Å². The van der Waals surface area contributed by atoms with Crippen molar-refractivity contribution in [2.75, 3.05) is 5.32 Å². The van der Waals surface area contributed by atoms with Gasteiger partial charge in [0.05, 0.1) is 26.8 Å². The third-order valence-corrected chi connectivity index (χ3v) is 4.22. The Morgan fingerprint density at radius 1 is 1.22 bits per heavy atom. The lowest BCUT2D eigenvalue weighted by molar-refractivity contribution is 1.30. The van der Waals surface area contributed by atoms with Crippen molar-refractivity contribution < 1.29 is 0 Å². The summed E-state index contributed by atoms with van der Waals surface area (Å²) in [5, 5.41) is 8.39. The van der Waals surface area contributed by atoms with Crippen LogP contribution >= 0.6 is 34.5 Å². The van der Waals surface area contributed by atoms with Crippen molar-refractivity contribution in [3.05, 3.63) is 38.5 Å². The zero-order valence-corrected chi connectivity index (χ0v) is 11.7. The van der Waals surface area contributed by atoms with Crippen LogP contribution in [0.2, 0.25) is 10.0 Å². The molecular weight excluding hydrogens is 289 g/mol. The maximum atomic E-state index is 5.97. The van der Waals surface area contributed by atoms with Gasteiger partial charge in [0.25, 0.3) is 0 Å². The molecule has 0 saturated carbocycles. The fourth-order valence-corrected chi connectivity index (χ4v) is 2.78.